The topological polar surface area (TPSA) is 47.6 Å². The average Bonchev–Trinajstić information content (AvgIpc) is 2.68. The molecule has 0 spiro atoms. The first kappa shape index (κ1) is 21.0. The predicted octanol–water partition coefficient (Wildman–Crippen LogP) is 6.07. The van der Waals surface area contributed by atoms with Gasteiger partial charge in [-0.1, -0.05) is 48.2 Å². The summed E-state index contributed by atoms with van der Waals surface area (Å²) in [6, 6.07) is 13.1. The maximum atomic E-state index is 12.1. The molecule has 1 N–H and O–H groups in total. The molecule has 0 unspecified atom stereocenters. The minimum Gasteiger partial charge on any atom is -0.493 e. The zero-order chi connectivity index (χ0) is 19.5. The number of anilines is 1. The van der Waals surface area contributed by atoms with Crippen molar-refractivity contribution in [3.05, 3.63) is 58.6 Å². The second-order valence-corrected chi connectivity index (χ2v) is 7.06. The first-order chi connectivity index (χ1) is 13.1. The van der Waals surface area contributed by atoms with E-state index >= 15 is 0 Å². The van der Waals surface area contributed by atoms with Crippen LogP contribution in [0.5, 0.6) is 11.5 Å². The number of halogens is 1. The van der Waals surface area contributed by atoms with Gasteiger partial charge in [-0.15, -0.1) is 0 Å². The molecular weight excluding hydrogens is 406 g/mol. The minimum absolute atomic E-state index is 0.187. The molecule has 5 heteroatoms. The molecule has 0 aliphatic rings. The van der Waals surface area contributed by atoms with E-state index in [2.05, 4.69) is 28.2 Å². The molecule has 2 aromatic rings. The summed E-state index contributed by atoms with van der Waals surface area (Å²) in [5.74, 6) is 1.21. The van der Waals surface area contributed by atoms with Crippen LogP contribution in [0.1, 0.15) is 38.2 Å². The van der Waals surface area contributed by atoms with E-state index in [0.29, 0.717) is 12.4 Å². The van der Waals surface area contributed by atoms with E-state index in [1.54, 1.807) is 13.2 Å². The Kier molecular flexibility index (Phi) is 8.92. The van der Waals surface area contributed by atoms with Crippen LogP contribution in [0.4, 0.5) is 5.69 Å². The van der Waals surface area contributed by atoms with Crippen molar-refractivity contribution in [3.63, 3.8) is 0 Å². The second kappa shape index (κ2) is 11.4. The molecule has 0 radical (unpaired) electrons. The normalized spacial score (nSPS) is 10.8. The SMILES string of the molecule is CCCCCCOc1ccc(C=CC(=O)Nc2ccc(Br)cc2)cc1OC. The third-order valence-corrected chi connectivity index (χ3v) is 4.51. The summed E-state index contributed by atoms with van der Waals surface area (Å²) < 4.78 is 12.2. The highest BCUT2D eigenvalue weighted by atomic mass is 79.9. The molecule has 0 saturated carbocycles. The standard InChI is InChI=1S/C22H26BrNO3/c1-3-4-5-6-15-27-20-13-7-17(16-21(20)26-2)8-14-22(25)24-19-11-9-18(23)10-12-19/h7-14,16H,3-6,15H2,1-2H3,(H,24,25). The number of amides is 1. The molecule has 0 aliphatic carbocycles. The smallest absolute Gasteiger partial charge is 0.248 e. The molecule has 4 nitrogen and oxygen atoms in total. The van der Waals surface area contributed by atoms with Crippen molar-refractivity contribution in [3.8, 4) is 11.5 Å². The van der Waals surface area contributed by atoms with Crippen molar-refractivity contribution in [1.29, 1.82) is 0 Å². The average molecular weight is 432 g/mol. The molecule has 1 amide bonds. The maximum Gasteiger partial charge on any atom is 0.248 e. The number of carbonyl (C=O) groups excluding carboxylic acids is 1. The summed E-state index contributed by atoms with van der Waals surface area (Å²) >= 11 is 3.37. The van der Waals surface area contributed by atoms with Crippen LogP contribution >= 0.6 is 15.9 Å². The van der Waals surface area contributed by atoms with Gasteiger partial charge in [0.25, 0.3) is 0 Å². The van der Waals surface area contributed by atoms with Gasteiger partial charge >= 0.3 is 0 Å². The summed E-state index contributed by atoms with van der Waals surface area (Å²) in [5, 5.41) is 2.82. The van der Waals surface area contributed by atoms with Crippen LogP contribution in [0.15, 0.2) is 53.0 Å². The van der Waals surface area contributed by atoms with E-state index in [4.69, 9.17) is 9.47 Å². The molecule has 0 atom stereocenters. The van der Waals surface area contributed by atoms with Gasteiger partial charge in [-0.3, -0.25) is 4.79 Å². The number of carbonyl (C=O) groups is 1. The Hall–Kier alpha value is -2.27. The van der Waals surface area contributed by atoms with Gasteiger partial charge in [0.05, 0.1) is 13.7 Å². The Morgan fingerprint density at radius 2 is 1.85 bits per heavy atom. The van der Waals surface area contributed by atoms with Crippen molar-refractivity contribution >= 4 is 33.6 Å². The quantitative estimate of drug-likeness (QED) is 0.366. The van der Waals surface area contributed by atoms with Crippen molar-refractivity contribution in [2.75, 3.05) is 19.0 Å². The molecule has 0 fully saturated rings. The Balaban J connectivity index is 1.92. The lowest BCUT2D eigenvalue weighted by atomic mass is 10.2. The summed E-state index contributed by atoms with van der Waals surface area (Å²) in [7, 11) is 1.62. The Bertz CT molecular complexity index is 757. The monoisotopic (exact) mass is 431 g/mol. The number of nitrogens with one attached hydrogen (secondary N) is 1. The van der Waals surface area contributed by atoms with Crippen LogP contribution < -0.4 is 14.8 Å². The molecule has 144 valence electrons. The first-order valence-electron chi connectivity index (χ1n) is 9.18. The lowest BCUT2D eigenvalue weighted by Crippen LogP contribution is -2.07. The van der Waals surface area contributed by atoms with Gasteiger partial charge in [0.1, 0.15) is 0 Å². The van der Waals surface area contributed by atoms with Gasteiger partial charge in [-0.05, 0) is 54.5 Å². The van der Waals surface area contributed by atoms with Crippen molar-refractivity contribution in [2.24, 2.45) is 0 Å². The minimum atomic E-state index is -0.187. The number of hydrogen-bond donors (Lipinski definition) is 1. The van der Waals surface area contributed by atoms with E-state index in [9.17, 15) is 4.79 Å². The van der Waals surface area contributed by atoms with Crippen LogP contribution in [0.25, 0.3) is 6.08 Å². The summed E-state index contributed by atoms with van der Waals surface area (Å²) in [5.41, 5.74) is 1.62. The molecule has 0 heterocycles. The molecule has 0 aliphatic heterocycles. The number of methoxy groups -OCH3 is 1. The highest BCUT2D eigenvalue weighted by Gasteiger charge is 2.05. The van der Waals surface area contributed by atoms with Crippen molar-refractivity contribution in [1.82, 2.24) is 0 Å². The third-order valence-electron chi connectivity index (χ3n) is 3.98. The number of ether oxygens (including phenoxy) is 2. The van der Waals surface area contributed by atoms with Gasteiger partial charge in [-0.25, -0.2) is 0 Å². The fourth-order valence-corrected chi connectivity index (χ4v) is 2.77. The van der Waals surface area contributed by atoms with E-state index < -0.39 is 0 Å². The zero-order valence-corrected chi connectivity index (χ0v) is 17.4. The molecule has 27 heavy (non-hydrogen) atoms. The molecule has 0 bridgehead atoms. The van der Waals surface area contributed by atoms with Gasteiger partial charge in [0, 0.05) is 16.2 Å². The lowest BCUT2D eigenvalue weighted by Gasteiger charge is -2.11. The molecule has 0 saturated heterocycles. The third kappa shape index (κ3) is 7.47. The van der Waals surface area contributed by atoms with E-state index in [1.807, 2.05) is 42.5 Å². The van der Waals surface area contributed by atoms with Crippen LogP contribution in [-0.4, -0.2) is 19.6 Å². The van der Waals surface area contributed by atoms with Crippen LogP contribution in [0.2, 0.25) is 0 Å². The van der Waals surface area contributed by atoms with Crippen molar-refractivity contribution in [2.45, 2.75) is 32.6 Å². The molecule has 2 aromatic carbocycles. The number of hydrogen-bond acceptors (Lipinski definition) is 3. The zero-order valence-electron chi connectivity index (χ0n) is 15.8. The number of benzene rings is 2. The summed E-state index contributed by atoms with van der Waals surface area (Å²) in [4.78, 5) is 12.1. The molecular formula is C22H26BrNO3. The van der Waals surface area contributed by atoms with Gasteiger partial charge in [0.2, 0.25) is 5.91 Å². The largest absolute Gasteiger partial charge is 0.493 e. The second-order valence-electron chi connectivity index (χ2n) is 6.15. The van der Waals surface area contributed by atoms with E-state index in [-0.39, 0.29) is 5.91 Å². The van der Waals surface area contributed by atoms with Gasteiger partial charge in [0.15, 0.2) is 11.5 Å². The van der Waals surface area contributed by atoms with Gasteiger partial charge in [-0.2, -0.15) is 0 Å². The van der Waals surface area contributed by atoms with Crippen LogP contribution in [0.3, 0.4) is 0 Å². The maximum absolute atomic E-state index is 12.1. The Morgan fingerprint density at radius 3 is 2.56 bits per heavy atom. The Labute approximate surface area is 169 Å². The molecule has 0 aromatic heterocycles. The fraction of sp³-hybridized carbons (Fsp3) is 0.318. The lowest BCUT2D eigenvalue weighted by molar-refractivity contribution is -0.111. The molecule has 2 rings (SSSR count). The number of rotatable bonds is 10. The highest BCUT2D eigenvalue weighted by Crippen LogP contribution is 2.28. The predicted molar refractivity (Wildman–Crippen MR) is 114 cm³/mol. The number of unbranched alkanes of at least 4 members (excludes halogenated alkanes) is 3. The van der Waals surface area contributed by atoms with Crippen LogP contribution in [-0.2, 0) is 4.79 Å². The Morgan fingerprint density at radius 1 is 1.07 bits per heavy atom. The van der Waals surface area contributed by atoms with Gasteiger partial charge < -0.3 is 14.8 Å². The van der Waals surface area contributed by atoms with E-state index in [1.165, 1.54) is 25.3 Å². The fourth-order valence-electron chi connectivity index (χ4n) is 2.51. The van der Waals surface area contributed by atoms with Crippen molar-refractivity contribution < 1.29 is 14.3 Å². The van der Waals surface area contributed by atoms with Crippen LogP contribution in [0, 0.1) is 0 Å². The van der Waals surface area contributed by atoms with E-state index in [0.717, 1.165) is 27.9 Å². The highest BCUT2D eigenvalue weighted by molar-refractivity contribution is 9.10. The first-order valence-corrected chi connectivity index (χ1v) is 9.97. The summed E-state index contributed by atoms with van der Waals surface area (Å²) in [6.45, 7) is 2.87. The summed E-state index contributed by atoms with van der Waals surface area (Å²) in [6.07, 6.45) is 7.90.